The molecule has 0 fully saturated rings. The summed E-state index contributed by atoms with van der Waals surface area (Å²) in [7, 11) is 1.71. The molecular formula is C15H24N2O3. The van der Waals surface area contributed by atoms with Crippen molar-refractivity contribution in [3.05, 3.63) is 29.8 Å². The summed E-state index contributed by atoms with van der Waals surface area (Å²) in [5, 5.41) is 12.1. The number of carbonyl (C=O) groups excluding carboxylic acids is 1. The summed E-state index contributed by atoms with van der Waals surface area (Å²) in [5.41, 5.74) is 1.71. The Kier molecular flexibility index (Phi) is 7.04. The predicted molar refractivity (Wildman–Crippen MR) is 79.7 cm³/mol. The van der Waals surface area contributed by atoms with Gasteiger partial charge in [-0.1, -0.05) is 18.2 Å². The summed E-state index contributed by atoms with van der Waals surface area (Å²) in [5.74, 6) is 0. The van der Waals surface area contributed by atoms with E-state index in [-0.39, 0.29) is 6.03 Å². The zero-order valence-corrected chi connectivity index (χ0v) is 12.4. The van der Waals surface area contributed by atoms with Crippen LogP contribution in [0.1, 0.15) is 25.8 Å². The van der Waals surface area contributed by atoms with Crippen LogP contribution in [0.4, 0.5) is 10.5 Å². The standard InChI is InChI=1S/C15H24N2O3/c1-4-20-11-13-7-5-6-8-14(13)16-15(19)17(3)10-9-12(2)18/h5-8,12,18H,4,9-11H2,1-3H3,(H,16,19). The predicted octanol–water partition coefficient (Wildman–Crippen LogP) is 2.46. The van der Waals surface area contributed by atoms with Gasteiger partial charge in [-0.2, -0.15) is 0 Å². The molecule has 1 aromatic carbocycles. The Labute approximate surface area is 120 Å². The van der Waals surface area contributed by atoms with E-state index in [0.717, 1.165) is 11.3 Å². The molecule has 0 saturated carbocycles. The number of aliphatic hydroxyl groups is 1. The van der Waals surface area contributed by atoms with E-state index in [9.17, 15) is 9.90 Å². The van der Waals surface area contributed by atoms with Crippen molar-refractivity contribution in [2.24, 2.45) is 0 Å². The lowest BCUT2D eigenvalue weighted by atomic mass is 10.2. The topological polar surface area (TPSA) is 61.8 Å². The highest BCUT2D eigenvalue weighted by Gasteiger charge is 2.11. The first-order valence-electron chi connectivity index (χ1n) is 6.90. The van der Waals surface area contributed by atoms with E-state index in [2.05, 4.69) is 5.32 Å². The van der Waals surface area contributed by atoms with Crippen LogP contribution in [-0.2, 0) is 11.3 Å². The monoisotopic (exact) mass is 280 g/mol. The van der Waals surface area contributed by atoms with Crippen LogP contribution in [0.2, 0.25) is 0 Å². The van der Waals surface area contributed by atoms with E-state index < -0.39 is 6.10 Å². The van der Waals surface area contributed by atoms with E-state index >= 15 is 0 Å². The number of carbonyl (C=O) groups is 1. The SMILES string of the molecule is CCOCc1ccccc1NC(=O)N(C)CCC(C)O. The zero-order valence-electron chi connectivity index (χ0n) is 12.4. The van der Waals surface area contributed by atoms with Crippen molar-refractivity contribution in [3.63, 3.8) is 0 Å². The van der Waals surface area contributed by atoms with Gasteiger partial charge in [0.1, 0.15) is 0 Å². The number of anilines is 1. The van der Waals surface area contributed by atoms with E-state index in [1.165, 1.54) is 0 Å². The molecule has 1 atom stereocenters. The van der Waals surface area contributed by atoms with Gasteiger partial charge in [-0.05, 0) is 26.3 Å². The number of para-hydroxylation sites is 1. The van der Waals surface area contributed by atoms with Crippen molar-refractivity contribution >= 4 is 11.7 Å². The Bertz CT molecular complexity index is 421. The average molecular weight is 280 g/mol. The van der Waals surface area contributed by atoms with Gasteiger partial charge in [0.2, 0.25) is 0 Å². The highest BCUT2D eigenvalue weighted by molar-refractivity contribution is 5.89. The van der Waals surface area contributed by atoms with Crippen molar-refractivity contribution in [1.82, 2.24) is 4.90 Å². The van der Waals surface area contributed by atoms with Crippen molar-refractivity contribution in [2.45, 2.75) is 33.0 Å². The van der Waals surface area contributed by atoms with Gasteiger partial charge in [0.05, 0.1) is 12.7 Å². The first-order chi connectivity index (χ1) is 9.54. The fourth-order valence-electron chi connectivity index (χ4n) is 1.67. The number of benzene rings is 1. The molecule has 0 bridgehead atoms. The number of nitrogens with one attached hydrogen (secondary N) is 1. The van der Waals surface area contributed by atoms with E-state index in [1.807, 2.05) is 31.2 Å². The van der Waals surface area contributed by atoms with Crippen LogP contribution in [0.15, 0.2) is 24.3 Å². The van der Waals surface area contributed by atoms with E-state index in [4.69, 9.17) is 4.74 Å². The number of hydrogen-bond donors (Lipinski definition) is 2. The van der Waals surface area contributed by atoms with E-state index in [0.29, 0.717) is 26.2 Å². The third-order valence-corrected chi connectivity index (χ3v) is 2.95. The summed E-state index contributed by atoms with van der Waals surface area (Å²) in [4.78, 5) is 13.6. The summed E-state index contributed by atoms with van der Waals surface area (Å²) in [6.07, 6.45) is 0.153. The largest absolute Gasteiger partial charge is 0.393 e. The highest BCUT2D eigenvalue weighted by atomic mass is 16.5. The average Bonchev–Trinajstić information content (AvgIpc) is 2.43. The Morgan fingerprint density at radius 2 is 2.15 bits per heavy atom. The van der Waals surface area contributed by atoms with Crippen LogP contribution >= 0.6 is 0 Å². The molecule has 112 valence electrons. The first kappa shape index (κ1) is 16.5. The van der Waals surface area contributed by atoms with Crippen LogP contribution in [0, 0.1) is 0 Å². The number of rotatable bonds is 7. The second-order valence-electron chi connectivity index (χ2n) is 4.78. The third-order valence-electron chi connectivity index (χ3n) is 2.95. The number of hydrogen-bond acceptors (Lipinski definition) is 3. The van der Waals surface area contributed by atoms with Crippen LogP contribution in [0.3, 0.4) is 0 Å². The Morgan fingerprint density at radius 3 is 2.80 bits per heavy atom. The second-order valence-corrected chi connectivity index (χ2v) is 4.78. The van der Waals surface area contributed by atoms with Crippen molar-refractivity contribution in [3.8, 4) is 0 Å². The van der Waals surface area contributed by atoms with Gasteiger partial charge in [0.15, 0.2) is 0 Å². The molecule has 0 aliphatic rings. The number of urea groups is 1. The number of aliphatic hydroxyl groups excluding tert-OH is 1. The smallest absolute Gasteiger partial charge is 0.321 e. The molecule has 2 N–H and O–H groups in total. The highest BCUT2D eigenvalue weighted by Crippen LogP contribution is 2.16. The number of ether oxygens (including phenoxy) is 1. The minimum absolute atomic E-state index is 0.186. The molecule has 0 saturated heterocycles. The summed E-state index contributed by atoms with van der Waals surface area (Å²) in [6.45, 7) is 5.27. The van der Waals surface area contributed by atoms with Crippen molar-refractivity contribution < 1.29 is 14.6 Å². The molecule has 2 amide bonds. The molecule has 0 radical (unpaired) electrons. The lowest BCUT2D eigenvalue weighted by molar-refractivity contribution is 0.134. The van der Waals surface area contributed by atoms with Gasteiger partial charge in [0, 0.05) is 31.5 Å². The maximum atomic E-state index is 12.0. The molecule has 0 spiro atoms. The maximum absolute atomic E-state index is 12.0. The van der Waals surface area contributed by atoms with Crippen LogP contribution in [-0.4, -0.2) is 42.3 Å². The lowest BCUT2D eigenvalue weighted by Gasteiger charge is -2.20. The molecular weight excluding hydrogens is 256 g/mol. The second kappa shape index (κ2) is 8.55. The molecule has 1 rings (SSSR count). The first-order valence-corrected chi connectivity index (χ1v) is 6.90. The quantitative estimate of drug-likeness (QED) is 0.806. The fraction of sp³-hybridized carbons (Fsp3) is 0.533. The van der Waals surface area contributed by atoms with Crippen LogP contribution < -0.4 is 5.32 Å². The number of amides is 2. The minimum Gasteiger partial charge on any atom is -0.393 e. The molecule has 0 heterocycles. The summed E-state index contributed by atoms with van der Waals surface area (Å²) < 4.78 is 5.38. The molecule has 0 aliphatic heterocycles. The van der Waals surface area contributed by atoms with Crippen molar-refractivity contribution in [1.29, 1.82) is 0 Å². The van der Waals surface area contributed by atoms with Crippen LogP contribution in [0.25, 0.3) is 0 Å². The lowest BCUT2D eigenvalue weighted by Crippen LogP contribution is -2.33. The molecule has 5 nitrogen and oxygen atoms in total. The van der Waals surface area contributed by atoms with Gasteiger partial charge >= 0.3 is 6.03 Å². The molecule has 0 aromatic heterocycles. The minimum atomic E-state index is -0.407. The van der Waals surface area contributed by atoms with Gasteiger partial charge in [-0.15, -0.1) is 0 Å². The maximum Gasteiger partial charge on any atom is 0.321 e. The molecule has 5 heteroatoms. The Balaban J connectivity index is 2.60. The zero-order chi connectivity index (χ0) is 15.0. The molecule has 1 unspecified atom stereocenters. The van der Waals surface area contributed by atoms with Gasteiger partial charge in [-0.3, -0.25) is 0 Å². The summed E-state index contributed by atoms with van der Waals surface area (Å²) in [6, 6.07) is 7.40. The molecule has 0 aliphatic carbocycles. The normalized spacial score (nSPS) is 12.0. The van der Waals surface area contributed by atoms with E-state index in [1.54, 1.807) is 18.9 Å². The van der Waals surface area contributed by atoms with Gasteiger partial charge in [0.25, 0.3) is 0 Å². The summed E-state index contributed by atoms with van der Waals surface area (Å²) >= 11 is 0. The molecule has 1 aromatic rings. The van der Waals surface area contributed by atoms with Crippen molar-refractivity contribution in [2.75, 3.05) is 25.5 Å². The Hall–Kier alpha value is -1.59. The number of nitrogens with zero attached hydrogens (tertiary/aromatic N) is 1. The molecule has 20 heavy (non-hydrogen) atoms. The van der Waals surface area contributed by atoms with Crippen LogP contribution in [0.5, 0.6) is 0 Å². The Morgan fingerprint density at radius 1 is 1.45 bits per heavy atom. The van der Waals surface area contributed by atoms with Gasteiger partial charge < -0.3 is 20.1 Å². The fourth-order valence-corrected chi connectivity index (χ4v) is 1.67. The third kappa shape index (κ3) is 5.59. The van der Waals surface area contributed by atoms with Gasteiger partial charge in [-0.25, -0.2) is 4.79 Å².